The zero-order valence-corrected chi connectivity index (χ0v) is 14.8. The van der Waals surface area contributed by atoms with Gasteiger partial charge in [-0.3, -0.25) is 0 Å². The third-order valence-corrected chi connectivity index (χ3v) is 5.99. The van der Waals surface area contributed by atoms with Crippen LogP contribution in [0.2, 0.25) is 0 Å². The molecule has 1 saturated carbocycles. The molecule has 2 heteroatoms. The monoisotopic (exact) mass is 324 g/mol. The largest absolute Gasteiger partial charge is 0.457 e. The smallest absolute Gasteiger partial charge is 0.127 e. The molecule has 1 aliphatic carbocycles. The van der Waals surface area contributed by atoms with Crippen molar-refractivity contribution in [2.24, 2.45) is 5.41 Å². The van der Waals surface area contributed by atoms with Crippen LogP contribution in [0.3, 0.4) is 0 Å². The Kier molecular flexibility index (Phi) is 4.96. The van der Waals surface area contributed by atoms with Crippen molar-refractivity contribution in [1.82, 2.24) is 0 Å². The Hall–Kier alpha value is -1.80. The van der Waals surface area contributed by atoms with Gasteiger partial charge < -0.3 is 9.84 Å². The summed E-state index contributed by atoms with van der Waals surface area (Å²) in [4.78, 5) is 0. The van der Waals surface area contributed by atoms with Gasteiger partial charge in [-0.1, -0.05) is 57.0 Å². The summed E-state index contributed by atoms with van der Waals surface area (Å²) >= 11 is 0. The number of aliphatic hydroxyl groups is 1. The molecule has 0 spiro atoms. The molecule has 128 valence electrons. The average Bonchev–Trinajstić information content (AvgIpc) is 2.64. The lowest BCUT2D eigenvalue weighted by Gasteiger charge is -2.43. The molecule has 24 heavy (non-hydrogen) atoms. The molecule has 0 bridgehead atoms. The molecular formula is C22H28O2. The zero-order chi connectivity index (χ0) is 17.0. The fourth-order valence-electron chi connectivity index (χ4n) is 3.91. The van der Waals surface area contributed by atoms with Crippen LogP contribution >= 0.6 is 0 Å². The number of benzene rings is 2. The zero-order valence-electron chi connectivity index (χ0n) is 14.8. The number of hydrogen-bond acceptors (Lipinski definition) is 2. The first-order chi connectivity index (χ1) is 11.6. The molecule has 0 atom stereocenters. The maximum absolute atomic E-state index is 11.2. The molecule has 2 nitrogen and oxygen atoms in total. The van der Waals surface area contributed by atoms with E-state index in [0.717, 1.165) is 42.7 Å². The van der Waals surface area contributed by atoms with E-state index in [9.17, 15) is 5.11 Å². The third-order valence-electron chi connectivity index (χ3n) is 5.99. The lowest BCUT2D eigenvalue weighted by Crippen LogP contribution is -2.36. The topological polar surface area (TPSA) is 29.5 Å². The predicted molar refractivity (Wildman–Crippen MR) is 98.3 cm³/mol. The van der Waals surface area contributed by atoms with E-state index < -0.39 is 5.60 Å². The summed E-state index contributed by atoms with van der Waals surface area (Å²) in [6.07, 6.45) is 6.28. The Labute approximate surface area is 145 Å². The van der Waals surface area contributed by atoms with E-state index in [1.165, 1.54) is 12.8 Å². The molecular weight excluding hydrogens is 296 g/mol. The molecule has 0 heterocycles. The first kappa shape index (κ1) is 17.0. The van der Waals surface area contributed by atoms with Gasteiger partial charge in [0.1, 0.15) is 11.5 Å². The summed E-state index contributed by atoms with van der Waals surface area (Å²) in [5, 5.41) is 11.2. The minimum Gasteiger partial charge on any atom is -0.457 e. The molecule has 1 aliphatic rings. The molecule has 2 aromatic carbocycles. The van der Waals surface area contributed by atoms with Gasteiger partial charge in [-0.25, -0.2) is 0 Å². The molecule has 1 N–H and O–H groups in total. The van der Waals surface area contributed by atoms with E-state index in [0.29, 0.717) is 5.41 Å². The fourth-order valence-corrected chi connectivity index (χ4v) is 3.91. The van der Waals surface area contributed by atoms with Crippen LogP contribution in [-0.2, 0) is 5.60 Å². The molecule has 0 aromatic heterocycles. The molecule has 0 aliphatic heterocycles. The van der Waals surface area contributed by atoms with Crippen molar-refractivity contribution in [3.8, 4) is 11.5 Å². The summed E-state index contributed by atoms with van der Waals surface area (Å²) in [5.74, 6) is 1.61. The number of rotatable bonds is 5. The first-order valence-corrected chi connectivity index (χ1v) is 9.15. The summed E-state index contributed by atoms with van der Waals surface area (Å²) in [7, 11) is 0. The Bertz CT molecular complexity index is 649. The highest BCUT2D eigenvalue weighted by atomic mass is 16.5. The Morgan fingerprint density at radius 3 is 2.08 bits per heavy atom. The van der Waals surface area contributed by atoms with Crippen molar-refractivity contribution in [1.29, 1.82) is 0 Å². The van der Waals surface area contributed by atoms with Crippen LogP contribution in [0.5, 0.6) is 11.5 Å². The van der Waals surface area contributed by atoms with Crippen LogP contribution in [-0.4, -0.2) is 5.11 Å². The summed E-state index contributed by atoms with van der Waals surface area (Å²) < 4.78 is 5.93. The Morgan fingerprint density at radius 1 is 0.833 bits per heavy atom. The van der Waals surface area contributed by atoms with Crippen LogP contribution in [0.4, 0.5) is 0 Å². The molecule has 3 rings (SSSR count). The molecule has 0 unspecified atom stereocenters. The third kappa shape index (κ3) is 3.49. The average molecular weight is 324 g/mol. The van der Waals surface area contributed by atoms with Gasteiger partial charge >= 0.3 is 0 Å². The maximum atomic E-state index is 11.2. The van der Waals surface area contributed by atoms with Crippen LogP contribution < -0.4 is 4.74 Å². The number of para-hydroxylation sites is 1. The summed E-state index contributed by atoms with van der Waals surface area (Å²) in [6, 6.07) is 17.7. The Morgan fingerprint density at radius 2 is 1.46 bits per heavy atom. The molecule has 0 saturated heterocycles. The van der Waals surface area contributed by atoms with Gasteiger partial charge in [-0.05, 0) is 60.9 Å². The van der Waals surface area contributed by atoms with E-state index in [4.69, 9.17) is 4.74 Å². The lowest BCUT2D eigenvalue weighted by atomic mass is 9.64. The standard InChI is InChI=1S/C22H28O2/c1-3-21(4-2)13-15-22(23,16-14-21)18-9-8-12-20(17-18)24-19-10-6-5-7-11-19/h5-12,17,23H,3-4,13-16H2,1-2H3. The highest BCUT2D eigenvalue weighted by Gasteiger charge is 2.40. The Balaban J connectivity index is 1.76. The second-order valence-corrected chi connectivity index (χ2v) is 7.18. The number of hydrogen-bond donors (Lipinski definition) is 1. The van der Waals surface area contributed by atoms with E-state index in [2.05, 4.69) is 13.8 Å². The van der Waals surface area contributed by atoms with Gasteiger partial charge in [0.2, 0.25) is 0 Å². The van der Waals surface area contributed by atoms with Gasteiger partial charge in [-0.15, -0.1) is 0 Å². The van der Waals surface area contributed by atoms with Gasteiger partial charge in [0.15, 0.2) is 0 Å². The van der Waals surface area contributed by atoms with Crippen molar-refractivity contribution in [3.05, 3.63) is 60.2 Å². The van der Waals surface area contributed by atoms with E-state index >= 15 is 0 Å². The first-order valence-electron chi connectivity index (χ1n) is 9.15. The second kappa shape index (κ2) is 6.98. The molecule has 0 radical (unpaired) electrons. The number of ether oxygens (including phenoxy) is 1. The lowest BCUT2D eigenvalue weighted by molar-refractivity contribution is -0.0414. The minimum absolute atomic E-state index is 0.421. The molecule has 0 amide bonds. The highest BCUT2D eigenvalue weighted by molar-refractivity contribution is 5.36. The van der Waals surface area contributed by atoms with E-state index in [1.807, 2.05) is 54.6 Å². The van der Waals surface area contributed by atoms with Gasteiger partial charge in [0.25, 0.3) is 0 Å². The van der Waals surface area contributed by atoms with Gasteiger partial charge in [0, 0.05) is 0 Å². The molecule has 2 aromatic rings. The van der Waals surface area contributed by atoms with E-state index in [1.54, 1.807) is 0 Å². The van der Waals surface area contributed by atoms with Crippen molar-refractivity contribution in [2.45, 2.75) is 58.0 Å². The van der Waals surface area contributed by atoms with Crippen molar-refractivity contribution in [3.63, 3.8) is 0 Å². The van der Waals surface area contributed by atoms with Crippen molar-refractivity contribution < 1.29 is 9.84 Å². The van der Waals surface area contributed by atoms with Crippen LogP contribution in [0.15, 0.2) is 54.6 Å². The fraction of sp³-hybridized carbons (Fsp3) is 0.455. The van der Waals surface area contributed by atoms with Gasteiger partial charge in [-0.2, -0.15) is 0 Å². The highest BCUT2D eigenvalue weighted by Crippen LogP contribution is 2.49. The second-order valence-electron chi connectivity index (χ2n) is 7.18. The quantitative estimate of drug-likeness (QED) is 0.725. The molecule has 1 fully saturated rings. The van der Waals surface area contributed by atoms with Crippen molar-refractivity contribution >= 4 is 0 Å². The summed E-state index contributed by atoms with van der Waals surface area (Å²) in [5.41, 5.74) is 0.686. The van der Waals surface area contributed by atoms with Crippen LogP contribution in [0, 0.1) is 5.41 Å². The maximum Gasteiger partial charge on any atom is 0.127 e. The van der Waals surface area contributed by atoms with E-state index in [-0.39, 0.29) is 0 Å². The van der Waals surface area contributed by atoms with Crippen LogP contribution in [0.1, 0.15) is 57.9 Å². The van der Waals surface area contributed by atoms with Gasteiger partial charge in [0.05, 0.1) is 5.60 Å². The minimum atomic E-state index is -0.718. The normalized spacial score (nSPS) is 19.0. The van der Waals surface area contributed by atoms with Crippen molar-refractivity contribution in [2.75, 3.05) is 0 Å². The SMILES string of the molecule is CCC1(CC)CCC(O)(c2cccc(Oc3ccccc3)c2)CC1. The van der Waals surface area contributed by atoms with Crippen LogP contribution in [0.25, 0.3) is 0 Å². The summed E-state index contributed by atoms with van der Waals surface area (Å²) in [6.45, 7) is 4.56. The predicted octanol–water partition coefficient (Wildman–Crippen LogP) is 6.05.